The Labute approximate surface area is 125 Å². The van der Waals surface area contributed by atoms with Gasteiger partial charge < -0.3 is 5.73 Å². The monoisotopic (exact) mass is 346 g/mol. The number of unbranched alkanes of at least 4 members (excludes halogenated alkanes) is 6. The van der Waals surface area contributed by atoms with Crippen molar-refractivity contribution in [3.8, 4) is 0 Å². The van der Waals surface area contributed by atoms with Crippen molar-refractivity contribution in [2.45, 2.75) is 57.3 Å². The van der Waals surface area contributed by atoms with Gasteiger partial charge in [0, 0.05) is 6.42 Å². The molecule has 0 aliphatic carbocycles. The average Bonchev–Trinajstić information content (AvgIpc) is 2.27. The molecule has 1 fully saturated rings. The largest absolute Gasteiger partial charge is 0.420 e. The van der Waals surface area contributed by atoms with Crippen LogP contribution in [-0.4, -0.2) is 29.3 Å². The molecule has 0 amide bonds. The van der Waals surface area contributed by atoms with Crippen molar-refractivity contribution in [2.24, 2.45) is 11.5 Å². The topological polar surface area (TPSA) is 148 Å². The van der Waals surface area contributed by atoms with Crippen molar-refractivity contribution >= 4 is 20.8 Å². The second kappa shape index (κ2) is 7.81. The number of rotatable bonds is 9. The lowest BCUT2D eigenvalue weighted by molar-refractivity contribution is -0.130. The van der Waals surface area contributed by atoms with E-state index in [1.165, 1.54) is 0 Å². The van der Waals surface area contributed by atoms with Crippen molar-refractivity contribution in [1.29, 1.82) is 0 Å². The third-order valence-corrected chi connectivity index (χ3v) is 5.19. The fourth-order valence-electron chi connectivity index (χ4n) is 1.97. The predicted molar refractivity (Wildman–Crippen MR) is 74.0 cm³/mol. The molecule has 126 valence electrons. The Hall–Kier alpha value is -0.300. The van der Waals surface area contributed by atoms with Gasteiger partial charge in [-0.15, -0.1) is 3.63 Å². The molecule has 1 heterocycles. The summed E-state index contributed by atoms with van der Waals surface area (Å²) in [6.45, 7) is 0.690. The second-order valence-corrected chi connectivity index (χ2v) is 7.39. The first-order valence-electron chi connectivity index (χ1n) is 6.79. The maximum absolute atomic E-state index is 11.1. The van der Waals surface area contributed by atoms with E-state index in [1.54, 1.807) is 0 Å². The molecule has 1 aliphatic heterocycles. The van der Waals surface area contributed by atoms with Gasteiger partial charge in [0.05, 0.1) is 0 Å². The van der Waals surface area contributed by atoms with E-state index in [2.05, 4.69) is 12.0 Å². The van der Waals surface area contributed by atoms with E-state index in [0.717, 1.165) is 38.5 Å². The van der Waals surface area contributed by atoms with Gasteiger partial charge >= 0.3 is 20.8 Å². The molecule has 0 aromatic carbocycles. The van der Waals surface area contributed by atoms with Crippen LogP contribution in [0.4, 0.5) is 0 Å². The summed E-state index contributed by atoms with van der Waals surface area (Å²) >= 11 is 0. The molecule has 9 nitrogen and oxygen atoms in total. The molecule has 0 spiro atoms. The smallest absolute Gasteiger partial charge is 0.330 e. The van der Waals surface area contributed by atoms with Gasteiger partial charge in [-0.3, -0.25) is 5.73 Å². The highest BCUT2D eigenvalue weighted by molar-refractivity contribution is 7.95. The van der Waals surface area contributed by atoms with Crippen LogP contribution in [0.2, 0.25) is 0 Å². The van der Waals surface area contributed by atoms with E-state index >= 15 is 0 Å². The van der Waals surface area contributed by atoms with Crippen molar-refractivity contribution < 1.29 is 28.8 Å². The average molecular weight is 346 g/mol. The van der Waals surface area contributed by atoms with Crippen LogP contribution in [0.15, 0.2) is 0 Å². The van der Waals surface area contributed by atoms with Gasteiger partial charge in [0.15, 0.2) is 0 Å². The van der Waals surface area contributed by atoms with Crippen molar-refractivity contribution in [3.05, 3.63) is 0 Å². The highest BCUT2D eigenvalue weighted by Crippen LogP contribution is 2.28. The molecule has 0 atom stereocenters. The van der Waals surface area contributed by atoms with E-state index in [-0.39, 0.29) is 6.42 Å². The maximum Gasteiger partial charge on any atom is 0.420 e. The Morgan fingerprint density at radius 1 is 0.762 bits per heavy atom. The van der Waals surface area contributed by atoms with E-state index < -0.39 is 26.7 Å². The Kier molecular flexibility index (Phi) is 6.97. The normalized spacial score (nSPS) is 23.0. The molecule has 0 unspecified atom stereocenters. The molecule has 1 saturated heterocycles. The molecule has 4 N–H and O–H groups in total. The standard InChI is InChI=1S/C10H22N2O7S2/c11-9-7-5-3-1-2-4-6-8-10(12)17-20(13,14)19-21(15,16)18-10/h1-9,11-12H2. The van der Waals surface area contributed by atoms with Gasteiger partial charge in [0.1, 0.15) is 0 Å². The zero-order chi connectivity index (χ0) is 16.0. The van der Waals surface area contributed by atoms with Crippen LogP contribution in [-0.2, 0) is 32.8 Å². The maximum atomic E-state index is 11.1. The lowest BCUT2D eigenvalue weighted by atomic mass is 10.1. The van der Waals surface area contributed by atoms with Gasteiger partial charge in [-0.05, 0) is 19.4 Å². The Morgan fingerprint density at radius 3 is 1.67 bits per heavy atom. The quantitative estimate of drug-likeness (QED) is 0.559. The number of hydrogen-bond acceptors (Lipinski definition) is 9. The van der Waals surface area contributed by atoms with Crippen LogP contribution in [0, 0.1) is 0 Å². The molecule has 0 bridgehead atoms. The summed E-state index contributed by atoms with van der Waals surface area (Å²) < 4.78 is 56.9. The molecule has 11 heteroatoms. The van der Waals surface area contributed by atoms with Crippen LogP contribution in [0.3, 0.4) is 0 Å². The third kappa shape index (κ3) is 7.49. The predicted octanol–water partition coefficient (Wildman–Crippen LogP) is 0.231. The van der Waals surface area contributed by atoms with Gasteiger partial charge in [-0.2, -0.15) is 25.2 Å². The minimum absolute atomic E-state index is 0.0718. The first-order valence-corrected chi connectivity index (χ1v) is 9.46. The molecular formula is C10H22N2O7S2. The molecule has 21 heavy (non-hydrogen) atoms. The molecule has 1 rings (SSSR count). The van der Waals surface area contributed by atoms with E-state index in [9.17, 15) is 16.8 Å². The van der Waals surface area contributed by atoms with E-state index in [0.29, 0.717) is 13.0 Å². The Bertz CT molecular complexity index is 484. The van der Waals surface area contributed by atoms with Crippen molar-refractivity contribution in [2.75, 3.05) is 6.54 Å². The molecule has 0 aromatic heterocycles. The lowest BCUT2D eigenvalue weighted by Crippen LogP contribution is -2.52. The molecule has 0 aromatic rings. The molecule has 1 aliphatic rings. The Balaban J connectivity index is 2.30. The first kappa shape index (κ1) is 18.7. The summed E-state index contributed by atoms with van der Waals surface area (Å²) in [5, 5.41) is 0. The van der Waals surface area contributed by atoms with Crippen LogP contribution >= 0.6 is 0 Å². The van der Waals surface area contributed by atoms with Crippen LogP contribution in [0.5, 0.6) is 0 Å². The zero-order valence-electron chi connectivity index (χ0n) is 11.7. The van der Waals surface area contributed by atoms with E-state index in [1.807, 2.05) is 0 Å². The number of nitrogens with two attached hydrogens (primary N) is 2. The van der Waals surface area contributed by atoms with Gasteiger partial charge in [0.25, 0.3) is 5.91 Å². The Morgan fingerprint density at radius 2 is 1.19 bits per heavy atom. The fourth-order valence-corrected chi connectivity index (χ4v) is 3.98. The summed E-state index contributed by atoms with van der Waals surface area (Å²) in [6.07, 6.45) is 6.27. The number of hydrogen-bond donors (Lipinski definition) is 2. The molecule has 0 radical (unpaired) electrons. The van der Waals surface area contributed by atoms with E-state index in [4.69, 9.17) is 11.5 Å². The van der Waals surface area contributed by atoms with Gasteiger partial charge in [-0.25, -0.2) is 0 Å². The van der Waals surface area contributed by atoms with Crippen molar-refractivity contribution in [3.63, 3.8) is 0 Å². The minimum atomic E-state index is -4.71. The SMILES string of the molecule is NCCCCCCCCCC1(N)OS(=O)(=O)OS(=O)(=O)O1. The highest BCUT2D eigenvalue weighted by Gasteiger charge is 2.47. The summed E-state index contributed by atoms with van der Waals surface area (Å²) in [7, 11) is -9.41. The zero-order valence-corrected chi connectivity index (χ0v) is 13.3. The molecule has 0 saturated carbocycles. The van der Waals surface area contributed by atoms with Gasteiger partial charge in [0.2, 0.25) is 0 Å². The van der Waals surface area contributed by atoms with Crippen LogP contribution in [0.25, 0.3) is 0 Å². The fraction of sp³-hybridized carbons (Fsp3) is 1.00. The van der Waals surface area contributed by atoms with Gasteiger partial charge in [-0.1, -0.05) is 32.1 Å². The lowest BCUT2D eigenvalue weighted by Gasteiger charge is -2.30. The minimum Gasteiger partial charge on any atom is -0.330 e. The summed E-state index contributed by atoms with van der Waals surface area (Å²) in [6, 6.07) is 0. The summed E-state index contributed by atoms with van der Waals surface area (Å²) in [4.78, 5) is 0. The molecular weight excluding hydrogens is 324 g/mol. The first-order chi connectivity index (χ1) is 9.68. The third-order valence-electron chi connectivity index (χ3n) is 2.88. The highest BCUT2D eigenvalue weighted by atomic mass is 32.3. The second-order valence-electron chi connectivity index (χ2n) is 4.88. The van der Waals surface area contributed by atoms with Crippen LogP contribution in [0.1, 0.15) is 51.4 Å². The van der Waals surface area contributed by atoms with Crippen molar-refractivity contribution in [1.82, 2.24) is 0 Å². The summed E-state index contributed by atoms with van der Waals surface area (Å²) in [5.74, 6) is -2.23. The van der Waals surface area contributed by atoms with Crippen LogP contribution < -0.4 is 11.5 Å². The summed E-state index contributed by atoms with van der Waals surface area (Å²) in [5.41, 5.74) is 10.9.